The lowest BCUT2D eigenvalue weighted by molar-refractivity contribution is -0.120. The molecule has 0 aromatic heterocycles. The normalized spacial score (nSPS) is 21.2. The van der Waals surface area contributed by atoms with Gasteiger partial charge in [-0.2, -0.15) is 0 Å². The Balaban J connectivity index is 1.95. The second kappa shape index (κ2) is 5.67. The second-order valence-electron chi connectivity index (χ2n) is 4.96. The van der Waals surface area contributed by atoms with Crippen LogP contribution in [0.15, 0.2) is 35.3 Å². The summed E-state index contributed by atoms with van der Waals surface area (Å²) in [4.78, 5) is 16.1. The molecule has 1 saturated heterocycles. The van der Waals surface area contributed by atoms with Crippen LogP contribution in [0.4, 0.5) is 0 Å². The van der Waals surface area contributed by atoms with E-state index in [0.717, 1.165) is 12.1 Å². The zero-order valence-corrected chi connectivity index (χ0v) is 10.8. The largest absolute Gasteiger partial charge is 0.344 e. The van der Waals surface area contributed by atoms with E-state index in [9.17, 15) is 4.79 Å². The number of guanidine groups is 1. The van der Waals surface area contributed by atoms with Gasteiger partial charge in [0.2, 0.25) is 5.91 Å². The Bertz CT molecular complexity index is 440. The lowest BCUT2D eigenvalue weighted by Gasteiger charge is -2.07. The van der Waals surface area contributed by atoms with E-state index in [-0.39, 0.29) is 11.9 Å². The summed E-state index contributed by atoms with van der Waals surface area (Å²) in [5.74, 6) is 1.10. The van der Waals surface area contributed by atoms with E-state index in [1.165, 1.54) is 0 Å². The molecule has 18 heavy (non-hydrogen) atoms. The predicted octanol–water partition coefficient (Wildman–Crippen LogP) is 1.33. The summed E-state index contributed by atoms with van der Waals surface area (Å²) < 4.78 is 0. The van der Waals surface area contributed by atoms with Crippen LogP contribution < -0.4 is 10.6 Å². The number of hydrogen-bond acceptors (Lipinski definition) is 2. The van der Waals surface area contributed by atoms with Gasteiger partial charge in [0.15, 0.2) is 5.96 Å². The van der Waals surface area contributed by atoms with Crippen molar-refractivity contribution in [3.63, 3.8) is 0 Å². The molecule has 1 heterocycles. The monoisotopic (exact) mass is 245 g/mol. The topological polar surface area (TPSA) is 53.5 Å². The third-order valence-electron chi connectivity index (χ3n) is 2.77. The van der Waals surface area contributed by atoms with Gasteiger partial charge in [-0.15, -0.1) is 0 Å². The fraction of sp³-hybridized carbons (Fsp3) is 0.429. The van der Waals surface area contributed by atoms with Crippen molar-refractivity contribution in [3.8, 4) is 0 Å². The fourth-order valence-corrected chi connectivity index (χ4v) is 1.82. The summed E-state index contributed by atoms with van der Waals surface area (Å²) in [5, 5.41) is 5.91. The van der Waals surface area contributed by atoms with Crippen molar-refractivity contribution < 1.29 is 4.79 Å². The number of hydrogen-bond donors (Lipinski definition) is 2. The maximum atomic E-state index is 11.8. The molecule has 1 aromatic carbocycles. The van der Waals surface area contributed by atoms with Crippen LogP contribution in [0.3, 0.4) is 0 Å². The minimum Gasteiger partial charge on any atom is -0.344 e. The molecule has 1 aromatic rings. The Morgan fingerprint density at radius 1 is 1.28 bits per heavy atom. The van der Waals surface area contributed by atoms with Crippen molar-refractivity contribution in [2.45, 2.75) is 26.3 Å². The standard InChI is InChI=1S/C14H19N3O/c1-10(2)9-15-14-16-12(13(18)17-14)8-11-6-4-3-5-7-11/h3-7,10,12H,8-9H2,1-2H3,(H2,15,16,17,18). The van der Waals surface area contributed by atoms with Gasteiger partial charge in [-0.05, 0) is 11.5 Å². The first kappa shape index (κ1) is 12.6. The molecule has 1 amide bonds. The van der Waals surface area contributed by atoms with Crippen molar-refractivity contribution >= 4 is 11.9 Å². The van der Waals surface area contributed by atoms with Crippen molar-refractivity contribution in [1.82, 2.24) is 10.6 Å². The molecule has 0 spiro atoms. The molecule has 1 unspecified atom stereocenters. The Hall–Kier alpha value is -1.84. The molecule has 0 radical (unpaired) electrons. The Kier molecular flexibility index (Phi) is 3.97. The number of benzene rings is 1. The smallest absolute Gasteiger partial charge is 0.249 e. The number of aliphatic imine (C=N–C) groups is 1. The SMILES string of the molecule is CC(C)CN=C1NC(=O)C(Cc2ccccc2)N1. The van der Waals surface area contributed by atoms with E-state index in [0.29, 0.717) is 18.3 Å². The van der Waals surface area contributed by atoms with Gasteiger partial charge in [0.05, 0.1) is 0 Å². The first-order chi connectivity index (χ1) is 8.65. The van der Waals surface area contributed by atoms with E-state index in [4.69, 9.17) is 0 Å². The fourth-order valence-electron chi connectivity index (χ4n) is 1.82. The molecule has 0 aliphatic carbocycles. The molecule has 4 nitrogen and oxygen atoms in total. The van der Waals surface area contributed by atoms with Gasteiger partial charge in [0.1, 0.15) is 6.04 Å². The van der Waals surface area contributed by atoms with Gasteiger partial charge in [0.25, 0.3) is 0 Å². The molecule has 4 heteroatoms. The molecule has 2 rings (SSSR count). The average Bonchev–Trinajstić information content (AvgIpc) is 2.69. The molecule has 1 fully saturated rings. The number of nitrogens with one attached hydrogen (secondary N) is 2. The lowest BCUT2D eigenvalue weighted by Crippen LogP contribution is -2.31. The van der Waals surface area contributed by atoms with Crippen LogP contribution in [0.25, 0.3) is 0 Å². The van der Waals surface area contributed by atoms with Crippen molar-refractivity contribution in [2.75, 3.05) is 6.54 Å². The minimum absolute atomic E-state index is 0.00126. The summed E-state index contributed by atoms with van der Waals surface area (Å²) in [7, 11) is 0. The van der Waals surface area contributed by atoms with Gasteiger partial charge >= 0.3 is 0 Å². The van der Waals surface area contributed by atoms with Crippen LogP contribution in [0.5, 0.6) is 0 Å². The maximum absolute atomic E-state index is 11.8. The molecular formula is C14H19N3O. The summed E-state index contributed by atoms with van der Waals surface area (Å²) in [6.45, 7) is 4.92. The van der Waals surface area contributed by atoms with E-state index in [1.54, 1.807) is 0 Å². The van der Waals surface area contributed by atoms with Gasteiger partial charge in [-0.1, -0.05) is 44.2 Å². The van der Waals surface area contributed by atoms with E-state index >= 15 is 0 Å². The summed E-state index contributed by atoms with van der Waals surface area (Å²) in [6, 6.07) is 9.78. The number of carbonyl (C=O) groups is 1. The zero-order valence-electron chi connectivity index (χ0n) is 10.8. The summed E-state index contributed by atoms with van der Waals surface area (Å²) in [6.07, 6.45) is 0.688. The Labute approximate surface area is 108 Å². The molecule has 0 saturated carbocycles. The van der Waals surface area contributed by atoms with E-state index < -0.39 is 0 Å². The van der Waals surface area contributed by atoms with E-state index in [2.05, 4.69) is 29.5 Å². The Morgan fingerprint density at radius 3 is 2.67 bits per heavy atom. The van der Waals surface area contributed by atoms with Gasteiger partial charge in [0, 0.05) is 13.0 Å². The van der Waals surface area contributed by atoms with Crippen LogP contribution in [0.2, 0.25) is 0 Å². The van der Waals surface area contributed by atoms with Crippen LogP contribution in [0, 0.1) is 5.92 Å². The third kappa shape index (κ3) is 3.32. The number of nitrogens with zero attached hydrogens (tertiary/aromatic N) is 1. The highest BCUT2D eigenvalue weighted by Crippen LogP contribution is 2.06. The van der Waals surface area contributed by atoms with Gasteiger partial charge < -0.3 is 5.32 Å². The molecule has 1 aliphatic rings. The zero-order chi connectivity index (χ0) is 13.0. The second-order valence-corrected chi connectivity index (χ2v) is 4.96. The summed E-state index contributed by atoms with van der Waals surface area (Å²) in [5.41, 5.74) is 1.15. The van der Waals surface area contributed by atoms with Gasteiger partial charge in [-0.25, -0.2) is 0 Å². The quantitative estimate of drug-likeness (QED) is 0.841. The number of carbonyl (C=O) groups excluding carboxylic acids is 1. The first-order valence-electron chi connectivity index (χ1n) is 6.31. The average molecular weight is 245 g/mol. The molecule has 1 atom stereocenters. The lowest BCUT2D eigenvalue weighted by atomic mass is 10.1. The van der Waals surface area contributed by atoms with Crippen molar-refractivity contribution in [3.05, 3.63) is 35.9 Å². The highest BCUT2D eigenvalue weighted by Gasteiger charge is 2.27. The number of amides is 1. The predicted molar refractivity (Wildman–Crippen MR) is 72.4 cm³/mol. The molecule has 0 bridgehead atoms. The van der Waals surface area contributed by atoms with Crippen LogP contribution in [0.1, 0.15) is 19.4 Å². The van der Waals surface area contributed by atoms with E-state index in [1.807, 2.05) is 30.3 Å². The molecule has 1 aliphatic heterocycles. The van der Waals surface area contributed by atoms with Crippen LogP contribution in [-0.2, 0) is 11.2 Å². The van der Waals surface area contributed by atoms with Crippen molar-refractivity contribution in [2.24, 2.45) is 10.9 Å². The molecular weight excluding hydrogens is 226 g/mol. The van der Waals surface area contributed by atoms with Gasteiger partial charge in [-0.3, -0.25) is 15.1 Å². The Morgan fingerprint density at radius 2 is 2.00 bits per heavy atom. The highest BCUT2D eigenvalue weighted by molar-refractivity contribution is 6.06. The van der Waals surface area contributed by atoms with Crippen LogP contribution >= 0.6 is 0 Å². The summed E-state index contributed by atoms with van der Waals surface area (Å²) >= 11 is 0. The maximum Gasteiger partial charge on any atom is 0.249 e. The minimum atomic E-state index is -0.210. The van der Waals surface area contributed by atoms with Crippen LogP contribution in [-0.4, -0.2) is 24.5 Å². The molecule has 2 N–H and O–H groups in total. The van der Waals surface area contributed by atoms with Crippen molar-refractivity contribution in [1.29, 1.82) is 0 Å². The molecule has 96 valence electrons. The first-order valence-corrected chi connectivity index (χ1v) is 6.31. The third-order valence-corrected chi connectivity index (χ3v) is 2.77. The highest BCUT2D eigenvalue weighted by atomic mass is 16.2. The number of rotatable bonds is 4.